The van der Waals surface area contributed by atoms with Crippen LogP contribution in [0.2, 0.25) is 0 Å². The van der Waals surface area contributed by atoms with Crippen molar-refractivity contribution in [3.8, 4) is 5.75 Å². The van der Waals surface area contributed by atoms with Crippen LogP contribution in [0.15, 0.2) is 18.2 Å². The molecule has 0 atom stereocenters. The minimum atomic E-state index is 0.517. The smallest absolute Gasteiger partial charge is 0.122 e. The van der Waals surface area contributed by atoms with Gasteiger partial charge in [-0.1, -0.05) is 19.9 Å². The molecule has 1 aromatic carbocycles. The minimum Gasteiger partial charge on any atom is -0.496 e. The van der Waals surface area contributed by atoms with Crippen LogP contribution in [0.25, 0.3) is 0 Å². The summed E-state index contributed by atoms with van der Waals surface area (Å²) in [5.41, 5.74) is 2.78. The largest absolute Gasteiger partial charge is 0.496 e. The van der Waals surface area contributed by atoms with Gasteiger partial charge in [0, 0.05) is 0 Å². The van der Waals surface area contributed by atoms with Gasteiger partial charge in [0.1, 0.15) is 5.75 Å². The van der Waals surface area contributed by atoms with Gasteiger partial charge < -0.3 is 4.74 Å². The lowest BCUT2D eigenvalue weighted by Crippen LogP contribution is -2.02. The van der Waals surface area contributed by atoms with Crippen molar-refractivity contribution >= 4 is 23.5 Å². The van der Waals surface area contributed by atoms with E-state index in [0.29, 0.717) is 10.5 Å². The molecule has 1 aliphatic heterocycles. The van der Waals surface area contributed by atoms with E-state index < -0.39 is 0 Å². The van der Waals surface area contributed by atoms with E-state index in [9.17, 15) is 0 Å². The Balaban J connectivity index is 2.26. The summed E-state index contributed by atoms with van der Waals surface area (Å²) in [6.45, 7) is 4.45. The van der Waals surface area contributed by atoms with Crippen LogP contribution in [0.4, 0.5) is 0 Å². The van der Waals surface area contributed by atoms with E-state index in [4.69, 9.17) is 4.74 Å². The highest BCUT2D eigenvalue weighted by Crippen LogP contribution is 2.45. The summed E-state index contributed by atoms with van der Waals surface area (Å²) in [7, 11) is 1.75. The number of rotatable bonds is 3. The van der Waals surface area contributed by atoms with Gasteiger partial charge in [-0.05, 0) is 47.1 Å². The van der Waals surface area contributed by atoms with Gasteiger partial charge in [-0.15, -0.1) is 23.5 Å². The summed E-state index contributed by atoms with van der Waals surface area (Å²) in [6, 6.07) is 6.68. The number of thioether (sulfide) groups is 2. The summed E-state index contributed by atoms with van der Waals surface area (Å²) in [6.07, 6.45) is 1.35. The van der Waals surface area contributed by atoms with Crippen molar-refractivity contribution in [3.63, 3.8) is 0 Å². The zero-order valence-electron chi connectivity index (χ0n) is 10.7. The van der Waals surface area contributed by atoms with Crippen molar-refractivity contribution in [2.45, 2.75) is 30.8 Å². The summed E-state index contributed by atoms with van der Waals surface area (Å²) >= 11 is 4.14. The van der Waals surface area contributed by atoms with Crippen molar-refractivity contribution in [2.75, 3.05) is 18.6 Å². The first kappa shape index (κ1) is 13.2. The van der Waals surface area contributed by atoms with Crippen molar-refractivity contribution in [3.05, 3.63) is 29.3 Å². The van der Waals surface area contributed by atoms with Gasteiger partial charge in [0.15, 0.2) is 0 Å². The third-order valence-corrected chi connectivity index (χ3v) is 5.99. The molecule has 0 spiro atoms. The predicted molar refractivity (Wildman–Crippen MR) is 79.4 cm³/mol. The number of hydrogen-bond donors (Lipinski definition) is 0. The van der Waals surface area contributed by atoms with Crippen LogP contribution in [0, 0.1) is 0 Å². The zero-order valence-corrected chi connectivity index (χ0v) is 12.4. The van der Waals surface area contributed by atoms with Gasteiger partial charge in [0.05, 0.1) is 11.7 Å². The third kappa shape index (κ3) is 3.14. The molecule has 1 saturated heterocycles. The molecule has 0 aliphatic carbocycles. The molecule has 0 radical (unpaired) electrons. The van der Waals surface area contributed by atoms with Crippen molar-refractivity contribution in [2.24, 2.45) is 0 Å². The molecule has 1 fully saturated rings. The zero-order chi connectivity index (χ0) is 12.3. The van der Waals surface area contributed by atoms with E-state index in [0.717, 1.165) is 5.75 Å². The molecule has 0 bridgehead atoms. The Morgan fingerprint density at radius 1 is 1.24 bits per heavy atom. The fourth-order valence-corrected chi connectivity index (χ4v) is 4.90. The number of methoxy groups -OCH3 is 1. The van der Waals surface area contributed by atoms with Crippen LogP contribution in [-0.2, 0) is 0 Å². The number of ether oxygens (including phenoxy) is 1. The second kappa shape index (κ2) is 6.05. The molecule has 94 valence electrons. The second-order valence-electron chi connectivity index (χ2n) is 4.58. The molecule has 0 aromatic heterocycles. The molecule has 17 heavy (non-hydrogen) atoms. The highest BCUT2D eigenvalue weighted by Gasteiger charge is 2.18. The summed E-state index contributed by atoms with van der Waals surface area (Å²) < 4.78 is 6.05. The third-order valence-electron chi connectivity index (χ3n) is 2.98. The van der Waals surface area contributed by atoms with Crippen molar-refractivity contribution < 1.29 is 4.74 Å². The normalized spacial score (nSPS) is 17.4. The first-order chi connectivity index (χ1) is 8.22. The molecule has 0 saturated carbocycles. The summed E-state index contributed by atoms with van der Waals surface area (Å²) in [5, 5.41) is 0. The second-order valence-corrected chi connectivity index (χ2v) is 7.31. The van der Waals surface area contributed by atoms with Crippen molar-refractivity contribution in [1.82, 2.24) is 0 Å². The molecular formula is C14H20OS2. The molecule has 1 aliphatic rings. The van der Waals surface area contributed by atoms with Gasteiger partial charge in [0.2, 0.25) is 0 Å². The van der Waals surface area contributed by atoms with Crippen LogP contribution < -0.4 is 4.74 Å². The van der Waals surface area contributed by atoms with Crippen LogP contribution in [0.5, 0.6) is 5.75 Å². The monoisotopic (exact) mass is 268 g/mol. The van der Waals surface area contributed by atoms with Gasteiger partial charge in [0.25, 0.3) is 0 Å². The highest BCUT2D eigenvalue weighted by atomic mass is 32.2. The SMILES string of the molecule is COc1ccc(C2SCCCS2)cc1C(C)C. The van der Waals surface area contributed by atoms with Crippen LogP contribution in [0.3, 0.4) is 0 Å². The van der Waals surface area contributed by atoms with Crippen molar-refractivity contribution in [1.29, 1.82) is 0 Å². The quantitative estimate of drug-likeness (QED) is 0.787. The molecule has 0 amide bonds. The Morgan fingerprint density at radius 2 is 1.94 bits per heavy atom. The molecule has 1 heterocycles. The van der Waals surface area contributed by atoms with Gasteiger partial charge in [-0.2, -0.15) is 0 Å². The maximum Gasteiger partial charge on any atom is 0.122 e. The first-order valence-corrected chi connectivity index (χ1v) is 8.23. The molecule has 1 aromatic rings. The van der Waals surface area contributed by atoms with Crippen LogP contribution in [-0.4, -0.2) is 18.6 Å². The maximum atomic E-state index is 5.44. The Labute approximate surface area is 113 Å². The lowest BCUT2D eigenvalue weighted by atomic mass is 10.00. The maximum absolute atomic E-state index is 5.44. The fraction of sp³-hybridized carbons (Fsp3) is 0.571. The van der Waals surface area contributed by atoms with E-state index in [-0.39, 0.29) is 0 Å². The standard InChI is InChI=1S/C14H20OS2/c1-10(2)12-9-11(5-6-13(12)15-3)14-16-7-4-8-17-14/h5-6,9-10,14H,4,7-8H2,1-3H3. The van der Waals surface area contributed by atoms with Crippen LogP contribution >= 0.6 is 23.5 Å². The average molecular weight is 268 g/mol. The van der Waals surface area contributed by atoms with Gasteiger partial charge in [-0.25, -0.2) is 0 Å². The molecular weight excluding hydrogens is 248 g/mol. The topological polar surface area (TPSA) is 9.23 Å². The van der Waals surface area contributed by atoms with E-state index in [1.165, 1.54) is 29.1 Å². The van der Waals surface area contributed by atoms with Gasteiger partial charge in [-0.3, -0.25) is 0 Å². The van der Waals surface area contributed by atoms with E-state index >= 15 is 0 Å². The Kier molecular flexibility index (Phi) is 4.69. The Morgan fingerprint density at radius 3 is 2.53 bits per heavy atom. The Bertz CT molecular complexity index is 370. The molecule has 2 rings (SSSR count). The highest BCUT2D eigenvalue weighted by molar-refractivity contribution is 8.16. The predicted octanol–water partition coefficient (Wildman–Crippen LogP) is 4.69. The number of hydrogen-bond acceptors (Lipinski definition) is 3. The van der Waals surface area contributed by atoms with Gasteiger partial charge >= 0.3 is 0 Å². The van der Waals surface area contributed by atoms with E-state index in [1.54, 1.807) is 7.11 Å². The lowest BCUT2D eigenvalue weighted by Gasteiger charge is -2.23. The van der Waals surface area contributed by atoms with E-state index in [1.807, 2.05) is 0 Å². The van der Waals surface area contributed by atoms with E-state index in [2.05, 4.69) is 55.6 Å². The summed E-state index contributed by atoms with van der Waals surface area (Å²) in [4.78, 5) is 0. The summed E-state index contributed by atoms with van der Waals surface area (Å²) in [5.74, 6) is 4.12. The van der Waals surface area contributed by atoms with Crippen LogP contribution in [0.1, 0.15) is 41.9 Å². The first-order valence-electron chi connectivity index (χ1n) is 6.13. The molecule has 1 nitrogen and oxygen atoms in total. The number of benzene rings is 1. The fourth-order valence-electron chi connectivity index (χ4n) is 2.03. The minimum absolute atomic E-state index is 0.517. The molecule has 3 heteroatoms. The molecule has 0 N–H and O–H groups in total. The lowest BCUT2D eigenvalue weighted by molar-refractivity contribution is 0.407. The average Bonchev–Trinajstić information content (AvgIpc) is 2.39. The Hall–Kier alpha value is -0.280. The molecule has 0 unspecified atom stereocenters.